The maximum atomic E-state index is 11.8. The fourth-order valence-electron chi connectivity index (χ4n) is 5.83. The van der Waals surface area contributed by atoms with Crippen LogP contribution in [0.15, 0.2) is 24.3 Å². The van der Waals surface area contributed by atoms with Crippen LogP contribution in [0.5, 0.6) is 11.5 Å². The fourth-order valence-corrected chi connectivity index (χ4v) is 5.83. The van der Waals surface area contributed by atoms with Gasteiger partial charge in [-0.2, -0.15) is 0 Å². The van der Waals surface area contributed by atoms with Crippen molar-refractivity contribution in [2.45, 2.75) is 85.1 Å². The second-order valence-electron chi connectivity index (χ2n) is 9.82. The Kier molecular flexibility index (Phi) is 7.30. The highest BCUT2D eigenvalue weighted by Gasteiger charge is 2.52. The van der Waals surface area contributed by atoms with E-state index in [1.54, 1.807) is 13.8 Å². The van der Waals surface area contributed by atoms with Gasteiger partial charge in [-0.1, -0.05) is 20.3 Å². The molecule has 6 heteroatoms. The smallest absolute Gasteiger partial charge is 0.347 e. The maximum Gasteiger partial charge on any atom is 0.347 e. The van der Waals surface area contributed by atoms with E-state index in [0.29, 0.717) is 36.0 Å². The molecule has 0 amide bonds. The van der Waals surface area contributed by atoms with Gasteiger partial charge in [-0.3, -0.25) is 0 Å². The first-order valence-corrected chi connectivity index (χ1v) is 12.3. The molecule has 32 heavy (non-hydrogen) atoms. The molecule has 0 aromatic heterocycles. The maximum absolute atomic E-state index is 11.8. The van der Waals surface area contributed by atoms with E-state index in [1.165, 1.54) is 19.3 Å². The summed E-state index contributed by atoms with van der Waals surface area (Å²) < 4.78 is 29.8. The average Bonchev–Trinajstić information content (AvgIpc) is 2.94. The molecule has 2 saturated heterocycles. The molecule has 1 aromatic rings. The molecule has 3 aliphatic rings. The number of esters is 1. The third-order valence-corrected chi connectivity index (χ3v) is 7.64. The van der Waals surface area contributed by atoms with Crippen molar-refractivity contribution in [3.05, 3.63) is 24.3 Å². The summed E-state index contributed by atoms with van der Waals surface area (Å²) in [7, 11) is 0. The first-order chi connectivity index (χ1) is 15.4. The number of hydrogen-bond donors (Lipinski definition) is 0. The molecule has 6 nitrogen and oxygen atoms in total. The summed E-state index contributed by atoms with van der Waals surface area (Å²) in [5.74, 6) is 3.65. The van der Waals surface area contributed by atoms with Crippen molar-refractivity contribution in [1.82, 2.24) is 0 Å². The molecule has 0 bridgehead atoms. The molecular weight excluding hydrogens is 408 g/mol. The molecule has 1 aromatic carbocycles. The van der Waals surface area contributed by atoms with Crippen LogP contribution in [0.2, 0.25) is 0 Å². The number of ether oxygens (including phenoxy) is 5. The van der Waals surface area contributed by atoms with Crippen LogP contribution in [0.4, 0.5) is 0 Å². The number of carbonyl (C=O) groups excluding carboxylic acids is 1. The summed E-state index contributed by atoms with van der Waals surface area (Å²) in [6.07, 6.45) is 3.83. The lowest BCUT2D eigenvalue weighted by Crippen LogP contribution is -2.54. The highest BCUT2D eigenvalue weighted by atomic mass is 16.8. The first kappa shape index (κ1) is 23.4. The van der Waals surface area contributed by atoms with E-state index in [0.717, 1.165) is 18.1 Å². The molecule has 8 unspecified atom stereocenters. The Bertz CT molecular complexity index is 764. The van der Waals surface area contributed by atoms with Gasteiger partial charge in [0.05, 0.1) is 12.7 Å². The number of hydrogen-bond acceptors (Lipinski definition) is 6. The quantitative estimate of drug-likeness (QED) is 0.560. The third kappa shape index (κ3) is 4.91. The Hall–Kier alpha value is -1.79. The predicted octanol–water partition coefficient (Wildman–Crippen LogP) is 5.19. The summed E-state index contributed by atoms with van der Waals surface area (Å²) >= 11 is 0. The molecule has 2 heterocycles. The standard InChI is InChI=1S/C26H38O6/c1-6-28-24(27)18(5)30-19-9-11-20(12-10-19)31-25-17(4)22-13-7-15(2)21-14-8-16(3)29-26(32-25)23(21)22/h9-12,15-18,21-23,25-26H,6-8,13-14H2,1-5H3/t15-,16?,17?,18?,21?,22?,23?,25?,26?/m1/s1. The fraction of sp³-hybridized carbons (Fsp3) is 0.731. The minimum atomic E-state index is -0.656. The Labute approximate surface area is 191 Å². The number of benzene rings is 1. The van der Waals surface area contributed by atoms with Crippen molar-refractivity contribution < 1.29 is 28.5 Å². The minimum absolute atomic E-state index is 0.195. The molecule has 178 valence electrons. The van der Waals surface area contributed by atoms with Gasteiger partial charge in [-0.25, -0.2) is 4.79 Å². The zero-order chi connectivity index (χ0) is 22.8. The molecule has 0 N–H and O–H groups in total. The van der Waals surface area contributed by atoms with Crippen molar-refractivity contribution >= 4 is 5.97 Å². The van der Waals surface area contributed by atoms with Crippen molar-refractivity contribution in [1.29, 1.82) is 0 Å². The van der Waals surface area contributed by atoms with Crippen LogP contribution in [0.3, 0.4) is 0 Å². The van der Waals surface area contributed by atoms with Gasteiger partial charge in [0.2, 0.25) is 6.29 Å². The summed E-state index contributed by atoms with van der Waals surface area (Å²) in [5, 5.41) is 0. The highest BCUT2D eigenvalue weighted by molar-refractivity contribution is 5.74. The zero-order valence-corrected chi connectivity index (χ0v) is 20.0. The normalized spacial score (nSPS) is 37.5. The van der Waals surface area contributed by atoms with E-state index in [1.807, 2.05) is 24.3 Å². The molecule has 3 fully saturated rings. The van der Waals surface area contributed by atoms with Crippen molar-refractivity contribution in [2.24, 2.45) is 29.6 Å². The van der Waals surface area contributed by atoms with E-state index in [4.69, 9.17) is 23.7 Å². The van der Waals surface area contributed by atoms with Crippen molar-refractivity contribution in [2.75, 3.05) is 6.61 Å². The SMILES string of the molecule is CCOC(=O)C(C)Oc1ccc(OC2OC3OC(C)CCC4C3C(CC[C@H]4C)C2C)cc1. The van der Waals surface area contributed by atoms with Crippen LogP contribution in [-0.2, 0) is 19.0 Å². The van der Waals surface area contributed by atoms with E-state index in [-0.39, 0.29) is 24.7 Å². The number of rotatable bonds is 6. The zero-order valence-electron chi connectivity index (χ0n) is 20.0. The van der Waals surface area contributed by atoms with Gasteiger partial charge in [-0.15, -0.1) is 0 Å². The minimum Gasteiger partial charge on any atom is -0.479 e. The van der Waals surface area contributed by atoms with Gasteiger partial charge in [0.25, 0.3) is 0 Å². The summed E-state index contributed by atoms with van der Waals surface area (Å²) in [6, 6.07) is 7.34. The largest absolute Gasteiger partial charge is 0.479 e. The highest BCUT2D eigenvalue weighted by Crippen LogP contribution is 2.52. The molecule has 1 aliphatic carbocycles. The van der Waals surface area contributed by atoms with E-state index >= 15 is 0 Å². The Morgan fingerprint density at radius 2 is 1.69 bits per heavy atom. The Morgan fingerprint density at radius 1 is 1.00 bits per heavy atom. The molecule has 9 atom stereocenters. The van der Waals surface area contributed by atoms with E-state index in [9.17, 15) is 4.79 Å². The summed E-state index contributed by atoms with van der Waals surface area (Å²) in [4.78, 5) is 11.8. The van der Waals surface area contributed by atoms with Crippen LogP contribution in [0.25, 0.3) is 0 Å². The Morgan fingerprint density at radius 3 is 2.41 bits per heavy atom. The van der Waals surface area contributed by atoms with Crippen LogP contribution >= 0.6 is 0 Å². The molecular formula is C26H38O6. The van der Waals surface area contributed by atoms with Gasteiger partial charge in [0, 0.05) is 11.8 Å². The molecule has 0 spiro atoms. The number of carbonyl (C=O) groups is 1. The van der Waals surface area contributed by atoms with Gasteiger partial charge in [0.15, 0.2) is 12.4 Å². The first-order valence-electron chi connectivity index (χ1n) is 12.3. The van der Waals surface area contributed by atoms with Gasteiger partial charge >= 0.3 is 5.97 Å². The van der Waals surface area contributed by atoms with Crippen LogP contribution < -0.4 is 9.47 Å². The topological polar surface area (TPSA) is 63.2 Å². The lowest BCUT2D eigenvalue weighted by Gasteiger charge is -2.51. The predicted molar refractivity (Wildman–Crippen MR) is 120 cm³/mol. The Balaban J connectivity index is 1.43. The molecule has 0 radical (unpaired) electrons. The van der Waals surface area contributed by atoms with Crippen molar-refractivity contribution in [3.63, 3.8) is 0 Å². The monoisotopic (exact) mass is 446 g/mol. The molecule has 4 rings (SSSR count). The van der Waals surface area contributed by atoms with Crippen LogP contribution in [0, 0.1) is 29.6 Å². The molecule has 1 saturated carbocycles. The summed E-state index contributed by atoms with van der Waals surface area (Å²) in [6.45, 7) is 10.6. The van der Waals surface area contributed by atoms with Gasteiger partial charge < -0.3 is 23.7 Å². The second kappa shape index (κ2) is 10.0. The van der Waals surface area contributed by atoms with Gasteiger partial charge in [0.1, 0.15) is 11.5 Å². The second-order valence-corrected chi connectivity index (χ2v) is 9.82. The lowest BCUT2D eigenvalue weighted by molar-refractivity contribution is -0.315. The van der Waals surface area contributed by atoms with Crippen LogP contribution in [-0.4, -0.2) is 37.4 Å². The lowest BCUT2D eigenvalue weighted by atomic mass is 9.61. The summed E-state index contributed by atoms with van der Waals surface area (Å²) in [5.41, 5.74) is 0. The van der Waals surface area contributed by atoms with Crippen LogP contribution in [0.1, 0.15) is 60.3 Å². The molecule has 2 aliphatic heterocycles. The van der Waals surface area contributed by atoms with Crippen molar-refractivity contribution in [3.8, 4) is 11.5 Å². The van der Waals surface area contributed by atoms with E-state index < -0.39 is 6.10 Å². The van der Waals surface area contributed by atoms with Gasteiger partial charge in [-0.05, 0) is 82.1 Å². The average molecular weight is 447 g/mol. The van der Waals surface area contributed by atoms with E-state index in [2.05, 4.69) is 20.8 Å². The third-order valence-electron chi connectivity index (χ3n) is 7.64.